The van der Waals surface area contributed by atoms with Crippen LogP contribution in [0.1, 0.15) is 21.5 Å². The van der Waals surface area contributed by atoms with Crippen molar-refractivity contribution in [2.45, 2.75) is 6.42 Å². The van der Waals surface area contributed by atoms with E-state index < -0.39 is 0 Å². The summed E-state index contributed by atoms with van der Waals surface area (Å²) in [6, 6.07) is 16.3. The smallest absolute Gasteiger partial charge is 0.253 e. The van der Waals surface area contributed by atoms with E-state index in [1.165, 1.54) is 5.56 Å². The van der Waals surface area contributed by atoms with Gasteiger partial charge in [0.25, 0.3) is 5.91 Å². The number of anilines is 1. The largest absolute Gasteiger partial charge is 0.383 e. The summed E-state index contributed by atoms with van der Waals surface area (Å²) < 4.78 is 0. The second-order valence-electron chi connectivity index (χ2n) is 8.76. The Labute approximate surface area is 198 Å². The van der Waals surface area contributed by atoms with Gasteiger partial charge in [-0.2, -0.15) is 5.26 Å². The van der Waals surface area contributed by atoms with E-state index in [4.69, 9.17) is 0 Å². The van der Waals surface area contributed by atoms with Gasteiger partial charge in [-0.05, 0) is 48.0 Å². The molecule has 170 valence electrons. The number of carbonyl (C=O) groups excluding carboxylic acids is 1. The maximum absolute atomic E-state index is 12.9. The first-order chi connectivity index (χ1) is 16.6. The highest BCUT2D eigenvalue weighted by Crippen LogP contribution is 2.23. The Morgan fingerprint density at radius 1 is 1.03 bits per heavy atom. The highest BCUT2D eigenvalue weighted by Gasteiger charge is 2.20. The van der Waals surface area contributed by atoms with E-state index in [1.54, 1.807) is 18.6 Å². The lowest BCUT2D eigenvalue weighted by molar-refractivity contribution is 0.0664. The van der Waals surface area contributed by atoms with Gasteiger partial charge in [-0.3, -0.25) is 14.8 Å². The standard InChI is InChI=1S/C27H26N6O/c1-32-8-10-33(11-9-32)27(34)23-5-4-21-12-19(2-3-22(21)14-23)6-7-30-25-17-29-18-26-24(25)13-20(15-28)16-31-26/h2-5,12-14,16-18,30H,6-11H2,1H3. The van der Waals surface area contributed by atoms with Crippen molar-refractivity contribution >= 4 is 33.3 Å². The number of fused-ring (bicyclic) bond motifs is 2. The summed E-state index contributed by atoms with van der Waals surface area (Å²) in [6.45, 7) is 4.12. The number of nitrogens with one attached hydrogen (secondary N) is 1. The first kappa shape index (κ1) is 21.8. The van der Waals surface area contributed by atoms with Crippen molar-refractivity contribution < 1.29 is 4.79 Å². The number of piperazine rings is 1. The summed E-state index contributed by atoms with van der Waals surface area (Å²) in [6.07, 6.45) is 5.87. The fraction of sp³-hybridized carbons (Fsp3) is 0.259. The summed E-state index contributed by atoms with van der Waals surface area (Å²) in [4.78, 5) is 25.7. The van der Waals surface area contributed by atoms with Crippen molar-refractivity contribution in [3.63, 3.8) is 0 Å². The fourth-order valence-electron chi connectivity index (χ4n) is 4.37. The van der Waals surface area contributed by atoms with Crippen molar-refractivity contribution in [2.75, 3.05) is 45.1 Å². The van der Waals surface area contributed by atoms with Gasteiger partial charge in [0.15, 0.2) is 0 Å². The van der Waals surface area contributed by atoms with Crippen LogP contribution in [-0.2, 0) is 6.42 Å². The molecule has 1 saturated heterocycles. The van der Waals surface area contributed by atoms with Crippen molar-refractivity contribution in [1.29, 1.82) is 5.26 Å². The SMILES string of the molecule is CN1CCN(C(=O)c2ccc3cc(CCNc4cncc5ncc(C#N)cc45)ccc3c2)CC1. The van der Waals surface area contributed by atoms with Crippen molar-refractivity contribution in [3.8, 4) is 6.07 Å². The molecule has 1 N–H and O–H groups in total. The molecule has 0 atom stereocenters. The van der Waals surface area contributed by atoms with Crippen LogP contribution in [0.2, 0.25) is 0 Å². The van der Waals surface area contributed by atoms with E-state index >= 15 is 0 Å². The van der Waals surface area contributed by atoms with E-state index in [9.17, 15) is 10.1 Å². The molecule has 1 aliphatic rings. The number of nitriles is 1. The number of aromatic nitrogens is 2. The van der Waals surface area contributed by atoms with Gasteiger partial charge < -0.3 is 15.1 Å². The van der Waals surface area contributed by atoms with Crippen LogP contribution in [0.4, 0.5) is 5.69 Å². The second kappa shape index (κ2) is 9.46. The third-order valence-electron chi connectivity index (χ3n) is 6.41. The van der Waals surface area contributed by atoms with E-state index in [0.717, 1.165) is 72.1 Å². The van der Waals surface area contributed by atoms with Crippen molar-refractivity contribution in [1.82, 2.24) is 19.8 Å². The summed E-state index contributed by atoms with van der Waals surface area (Å²) in [5.74, 6) is 0.112. The molecule has 2 aromatic heterocycles. The van der Waals surface area contributed by atoms with Gasteiger partial charge in [-0.1, -0.05) is 24.3 Å². The summed E-state index contributed by atoms with van der Waals surface area (Å²) in [5, 5.41) is 15.7. The van der Waals surface area contributed by atoms with Gasteiger partial charge in [0.1, 0.15) is 6.07 Å². The average Bonchev–Trinajstić information content (AvgIpc) is 2.88. The highest BCUT2D eigenvalue weighted by atomic mass is 16.2. The maximum atomic E-state index is 12.9. The molecule has 4 aromatic rings. The van der Waals surface area contributed by atoms with Crippen LogP contribution in [0.5, 0.6) is 0 Å². The van der Waals surface area contributed by atoms with Gasteiger partial charge >= 0.3 is 0 Å². The minimum atomic E-state index is 0.112. The zero-order chi connectivity index (χ0) is 23.5. The molecule has 34 heavy (non-hydrogen) atoms. The monoisotopic (exact) mass is 450 g/mol. The second-order valence-corrected chi connectivity index (χ2v) is 8.76. The van der Waals surface area contributed by atoms with Gasteiger partial charge in [0.05, 0.1) is 29.2 Å². The lowest BCUT2D eigenvalue weighted by Gasteiger charge is -2.32. The number of rotatable bonds is 5. The number of carbonyl (C=O) groups is 1. The van der Waals surface area contributed by atoms with Gasteiger partial charge in [0, 0.05) is 49.9 Å². The van der Waals surface area contributed by atoms with Crippen LogP contribution < -0.4 is 5.32 Å². The molecule has 0 radical (unpaired) electrons. The third-order valence-corrected chi connectivity index (χ3v) is 6.41. The van der Waals surface area contributed by atoms with Crippen molar-refractivity contribution in [2.24, 2.45) is 0 Å². The lowest BCUT2D eigenvalue weighted by Crippen LogP contribution is -2.47. The molecule has 1 fully saturated rings. The zero-order valence-electron chi connectivity index (χ0n) is 19.2. The summed E-state index contributed by atoms with van der Waals surface area (Å²) >= 11 is 0. The molecule has 0 saturated carbocycles. The first-order valence-electron chi connectivity index (χ1n) is 11.5. The quantitative estimate of drug-likeness (QED) is 0.499. The summed E-state index contributed by atoms with van der Waals surface area (Å²) in [5.41, 5.74) is 4.12. The normalized spacial score (nSPS) is 14.3. The van der Waals surface area contributed by atoms with E-state index in [1.807, 2.05) is 29.2 Å². The molecule has 3 heterocycles. The van der Waals surface area contributed by atoms with Crippen LogP contribution in [0, 0.1) is 11.3 Å². The zero-order valence-corrected chi connectivity index (χ0v) is 19.2. The van der Waals surface area contributed by atoms with Gasteiger partial charge in [-0.15, -0.1) is 0 Å². The Bertz CT molecular complexity index is 1400. The number of hydrogen-bond acceptors (Lipinski definition) is 6. The maximum Gasteiger partial charge on any atom is 0.253 e. The average molecular weight is 451 g/mol. The molecular weight excluding hydrogens is 424 g/mol. The molecule has 0 aliphatic carbocycles. The third kappa shape index (κ3) is 4.54. The minimum absolute atomic E-state index is 0.112. The Morgan fingerprint density at radius 2 is 1.82 bits per heavy atom. The molecule has 0 unspecified atom stereocenters. The first-order valence-corrected chi connectivity index (χ1v) is 11.5. The molecule has 5 rings (SSSR count). The molecular formula is C27H26N6O. The van der Waals surface area contributed by atoms with Gasteiger partial charge in [0.2, 0.25) is 0 Å². The Kier molecular flexibility index (Phi) is 6.07. The highest BCUT2D eigenvalue weighted by molar-refractivity contribution is 5.98. The van der Waals surface area contributed by atoms with Crippen molar-refractivity contribution in [3.05, 3.63) is 77.7 Å². The van der Waals surface area contributed by atoms with E-state index in [-0.39, 0.29) is 5.91 Å². The number of pyridine rings is 2. The molecule has 7 nitrogen and oxygen atoms in total. The lowest BCUT2D eigenvalue weighted by atomic mass is 10.0. The van der Waals surface area contributed by atoms with Crippen LogP contribution in [-0.4, -0.2) is 65.4 Å². The Hall–Kier alpha value is -4.02. The van der Waals surface area contributed by atoms with E-state index in [2.05, 4.69) is 51.5 Å². The number of hydrogen-bond donors (Lipinski definition) is 1. The predicted molar refractivity (Wildman–Crippen MR) is 134 cm³/mol. The minimum Gasteiger partial charge on any atom is -0.383 e. The topological polar surface area (TPSA) is 85.2 Å². The molecule has 1 aliphatic heterocycles. The van der Waals surface area contributed by atoms with E-state index in [0.29, 0.717) is 5.56 Å². The molecule has 1 amide bonds. The molecule has 2 aromatic carbocycles. The van der Waals surface area contributed by atoms with Crippen LogP contribution >= 0.6 is 0 Å². The van der Waals surface area contributed by atoms with Crippen LogP contribution in [0.3, 0.4) is 0 Å². The Balaban J connectivity index is 1.26. The van der Waals surface area contributed by atoms with Crippen LogP contribution in [0.15, 0.2) is 61.1 Å². The molecule has 0 bridgehead atoms. The van der Waals surface area contributed by atoms with Crippen LogP contribution in [0.25, 0.3) is 21.7 Å². The number of nitrogens with zero attached hydrogens (tertiary/aromatic N) is 5. The Morgan fingerprint density at radius 3 is 2.65 bits per heavy atom. The number of benzene rings is 2. The molecule has 7 heteroatoms. The number of amides is 1. The molecule has 0 spiro atoms. The summed E-state index contributed by atoms with van der Waals surface area (Å²) in [7, 11) is 2.09. The van der Waals surface area contributed by atoms with Gasteiger partial charge in [-0.25, -0.2) is 0 Å². The number of likely N-dealkylation sites (N-methyl/N-ethyl adjacent to an activating group) is 1. The predicted octanol–water partition coefficient (Wildman–Crippen LogP) is 3.70. The fourth-order valence-corrected chi connectivity index (χ4v) is 4.37.